The van der Waals surface area contributed by atoms with Crippen LogP contribution in [0, 0.1) is 5.92 Å². The van der Waals surface area contributed by atoms with Crippen LogP contribution in [0.3, 0.4) is 0 Å². The fraction of sp³-hybridized carbons (Fsp3) is 1.00. The Morgan fingerprint density at radius 1 is 0.810 bits per heavy atom. The van der Waals surface area contributed by atoms with Gasteiger partial charge in [-0.3, -0.25) is 0 Å². The van der Waals surface area contributed by atoms with Gasteiger partial charge in [-0.2, -0.15) is 0 Å². The number of hydrogen-bond donors (Lipinski definition) is 0. The standard InChI is InChI=1S/C18H37IO2/c1-4-5-6-7-8-9-10-13-20-16-21-14-11-12-17(2)15-18(3)19/h17-18H,4-16H2,1-3H3. The number of halogens is 1. The highest BCUT2D eigenvalue weighted by molar-refractivity contribution is 14.1. The Morgan fingerprint density at radius 2 is 1.38 bits per heavy atom. The summed E-state index contributed by atoms with van der Waals surface area (Å²) >= 11 is 2.51. The first-order valence-electron chi connectivity index (χ1n) is 8.96. The Bertz CT molecular complexity index is 198. The second-order valence-corrected chi connectivity index (χ2v) is 8.45. The Balaban J connectivity index is 3.05. The van der Waals surface area contributed by atoms with Crippen molar-refractivity contribution in [2.75, 3.05) is 20.0 Å². The van der Waals surface area contributed by atoms with E-state index in [0.29, 0.717) is 6.79 Å². The molecule has 0 fully saturated rings. The van der Waals surface area contributed by atoms with E-state index in [1.807, 2.05) is 0 Å². The van der Waals surface area contributed by atoms with Gasteiger partial charge < -0.3 is 9.47 Å². The van der Waals surface area contributed by atoms with Gasteiger partial charge in [0.25, 0.3) is 0 Å². The highest BCUT2D eigenvalue weighted by atomic mass is 127. The average Bonchev–Trinajstić information content (AvgIpc) is 2.43. The van der Waals surface area contributed by atoms with Crippen LogP contribution < -0.4 is 0 Å². The number of hydrogen-bond acceptors (Lipinski definition) is 2. The maximum Gasteiger partial charge on any atom is 0.146 e. The molecule has 0 aliphatic heterocycles. The molecule has 0 rings (SSSR count). The van der Waals surface area contributed by atoms with Crippen molar-refractivity contribution in [3.05, 3.63) is 0 Å². The molecule has 0 radical (unpaired) electrons. The fourth-order valence-corrected chi connectivity index (χ4v) is 3.41. The van der Waals surface area contributed by atoms with Crippen LogP contribution in [0.2, 0.25) is 0 Å². The van der Waals surface area contributed by atoms with E-state index in [4.69, 9.17) is 9.47 Å². The van der Waals surface area contributed by atoms with Gasteiger partial charge in [-0.15, -0.1) is 0 Å². The topological polar surface area (TPSA) is 18.5 Å². The first-order chi connectivity index (χ1) is 10.2. The van der Waals surface area contributed by atoms with Gasteiger partial charge in [0.2, 0.25) is 0 Å². The number of ether oxygens (including phenoxy) is 2. The molecule has 0 aromatic heterocycles. The Hall–Kier alpha value is 0.650. The van der Waals surface area contributed by atoms with Crippen molar-refractivity contribution in [3.8, 4) is 0 Å². The van der Waals surface area contributed by atoms with Gasteiger partial charge in [-0.25, -0.2) is 0 Å². The van der Waals surface area contributed by atoms with E-state index in [2.05, 4.69) is 43.4 Å². The van der Waals surface area contributed by atoms with Gasteiger partial charge in [-0.1, -0.05) is 81.9 Å². The van der Waals surface area contributed by atoms with E-state index in [1.165, 1.54) is 57.8 Å². The van der Waals surface area contributed by atoms with Crippen LogP contribution >= 0.6 is 22.6 Å². The van der Waals surface area contributed by atoms with Gasteiger partial charge >= 0.3 is 0 Å². The molecule has 0 saturated carbocycles. The van der Waals surface area contributed by atoms with Crippen LogP contribution in [-0.4, -0.2) is 23.9 Å². The summed E-state index contributed by atoms with van der Waals surface area (Å²) in [4.78, 5) is 0. The second kappa shape index (κ2) is 17.0. The van der Waals surface area contributed by atoms with E-state index >= 15 is 0 Å². The zero-order valence-electron chi connectivity index (χ0n) is 14.5. The molecular formula is C18H37IO2. The average molecular weight is 412 g/mol. The molecule has 0 aliphatic rings. The van der Waals surface area contributed by atoms with Crippen LogP contribution in [0.15, 0.2) is 0 Å². The van der Waals surface area contributed by atoms with E-state index < -0.39 is 0 Å². The molecule has 21 heavy (non-hydrogen) atoms. The largest absolute Gasteiger partial charge is 0.355 e. The third-order valence-electron chi connectivity index (χ3n) is 3.77. The monoisotopic (exact) mass is 412 g/mol. The fourth-order valence-electron chi connectivity index (χ4n) is 2.54. The lowest BCUT2D eigenvalue weighted by Gasteiger charge is -2.12. The van der Waals surface area contributed by atoms with Crippen LogP contribution in [-0.2, 0) is 9.47 Å². The van der Waals surface area contributed by atoms with Gasteiger partial charge in [0.05, 0.1) is 0 Å². The quantitative estimate of drug-likeness (QED) is 0.127. The maximum absolute atomic E-state index is 5.52. The van der Waals surface area contributed by atoms with E-state index in [-0.39, 0.29) is 0 Å². The summed E-state index contributed by atoms with van der Waals surface area (Å²) < 4.78 is 11.8. The summed E-state index contributed by atoms with van der Waals surface area (Å²) in [5.74, 6) is 0.814. The third-order valence-corrected chi connectivity index (χ3v) is 4.28. The van der Waals surface area contributed by atoms with Crippen LogP contribution in [0.4, 0.5) is 0 Å². The Kier molecular flexibility index (Phi) is 17.5. The molecule has 2 unspecified atom stereocenters. The van der Waals surface area contributed by atoms with Gasteiger partial charge in [0.1, 0.15) is 6.79 Å². The molecule has 0 aromatic rings. The van der Waals surface area contributed by atoms with Gasteiger partial charge in [0, 0.05) is 17.1 Å². The molecule has 0 aromatic carbocycles. The van der Waals surface area contributed by atoms with Gasteiger partial charge in [0.15, 0.2) is 0 Å². The summed E-state index contributed by atoms with van der Waals surface area (Å²) in [6.07, 6.45) is 13.1. The molecular weight excluding hydrogens is 375 g/mol. The Labute approximate surface area is 146 Å². The smallest absolute Gasteiger partial charge is 0.146 e. The lowest BCUT2D eigenvalue weighted by Crippen LogP contribution is -2.06. The summed E-state index contributed by atoms with van der Waals surface area (Å²) in [5, 5.41) is 0. The van der Waals surface area contributed by atoms with E-state index in [0.717, 1.165) is 29.5 Å². The molecule has 128 valence electrons. The molecule has 0 heterocycles. The van der Waals surface area contributed by atoms with Gasteiger partial charge in [-0.05, 0) is 31.6 Å². The molecule has 2 nitrogen and oxygen atoms in total. The van der Waals surface area contributed by atoms with Crippen molar-refractivity contribution in [3.63, 3.8) is 0 Å². The van der Waals surface area contributed by atoms with Crippen molar-refractivity contribution in [1.29, 1.82) is 0 Å². The lowest BCUT2D eigenvalue weighted by atomic mass is 10.0. The first-order valence-corrected chi connectivity index (χ1v) is 10.2. The first kappa shape index (κ1) is 21.6. The zero-order valence-corrected chi connectivity index (χ0v) is 16.7. The van der Waals surface area contributed by atoms with Crippen molar-refractivity contribution < 1.29 is 9.47 Å². The molecule has 0 saturated heterocycles. The normalized spacial score (nSPS) is 14.3. The number of rotatable bonds is 16. The molecule has 0 N–H and O–H groups in total. The molecule has 2 atom stereocenters. The predicted molar refractivity (Wildman–Crippen MR) is 101 cm³/mol. The van der Waals surface area contributed by atoms with E-state index in [1.54, 1.807) is 0 Å². The number of alkyl halides is 1. The highest BCUT2D eigenvalue weighted by Gasteiger charge is 2.05. The summed E-state index contributed by atoms with van der Waals surface area (Å²) in [7, 11) is 0. The molecule has 0 bridgehead atoms. The minimum atomic E-state index is 0.479. The lowest BCUT2D eigenvalue weighted by molar-refractivity contribution is -0.0560. The van der Waals surface area contributed by atoms with Crippen molar-refractivity contribution in [2.24, 2.45) is 5.92 Å². The van der Waals surface area contributed by atoms with Crippen LogP contribution in [0.25, 0.3) is 0 Å². The summed E-state index contributed by atoms with van der Waals surface area (Å²) in [6.45, 7) is 9.07. The predicted octanol–water partition coefficient (Wildman–Crippen LogP) is 6.36. The number of unbranched alkanes of at least 4 members (excludes halogenated alkanes) is 6. The SMILES string of the molecule is CCCCCCCCCOCOCCCC(C)CC(C)I. The molecule has 3 heteroatoms. The summed E-state index contributed by atoms with van der Waals surface area (Å²) in [6, 6.07) is 0. The third kappa shape index (κ3) is 18.6. The van der Waals surface area contributed by atoms with E-state index in [9.17, 15) is 0 Å². The van der Waals surface area contributed by atoms with Crippen LogP contribution in [0.5, 0.6) is 0 Å². The minimum absolute atomic E-state index is 0.479. The molecule has 0 aliphatic carbocycles. The van der Waals surface area contributed by atoms with Crippen molar-refractivity contribution in [1.82, 2.24) is 0 Å². The maximum atomic E-state index is 5.52. The minimum Gasteiger partial charge on any atom is -0.355 e. The van der Waals surface area contributed by atoms with Crippen molar-refractivity contribution in [2.45, 2.75) is 88.9 Å². The zero-order chi connectivity index (χ0) is 15.8. The molecule has 0 amide bonds. The molecule has 0 spiro atoms. The summed E-state index contributed by atoms with van der Waals surface area (Å²) in [5.41, 5.74) is 0. The highest BCUT2D eigenvalue weighted by Crippen LogP contribution is 2.17. The second-order valence-electron chi connectivity index (χ2n) is 6.32. The Morgan fingerprint density at radius 3 is 2.00 bits per heavy atom. The van der Waals surface area contributed by atoms with Crippen molar-refractivity contribution >= 4 is 22.6 Å². The van der Waals surface area contributed by atoms with Crippen LogP contribution in [0.1, 0.15) is 85.0 Å².